The molecule has 0 aromatic heterocycles. The number of anilines is 1. The first-order valence-corrected chi connectivity index (χ1v) is 6.71. The van der Waals surface area contributed by atoms with E-state index in [2.05, 4.69) is 5.32 Å². The highest BCUT2D eigenvalue weighted by Crippen LogP contribution is 2.36. The van der Waals surface area contributed by atoms with E-state index in [1.807, 2.05) is 0 Å². The molecule has 1 spiro atoms. The predicted molar refractivity (Wildman–Crippen MR) is 70.0 cm³/mol. The van der Waals surface area contributed by atoms with Gasteiger partial charge in [-0.25, -0.2) is 0 Å². The maximum absolute atomic E-state index is 12.9. The molecule has 114 valence electrons. The fraction of sp³-hybridized carbons (Fsp3) is 0.500. The van der Waals surface area contributed by atoms with E-state index >= 15 is 0 Å². The number of amides is 1. The number of alkyl halides is 3. The van der Waals surface area contributed by atoms with Gasteiger partial charge in [-0.2, -0.15) is 13.2 Å². The van der Waals surface area contributed by atoms with Gasteiger partial charge >= 0.3 is 6.18 Å². The van der Waals surface area contributed by atoms with E-state index in [1.165, 1.54) is 11.0 Å². The van der Waals surface area contributed by atoms with Gasteiger partial charge in [0.25, 0.3) is 5.91 Å². The molecule has 2 fully saturated rings. The highest BCUT2D eigenvalue weighted by Gasteiger charge is 2.46. The molecular formula is C14H15F3N2O2. The Morgan fingerprint density at radius 1 is 1.33 bits per heavy atom. The van der Waals surface area contributed by atoms with E-state index in [9.17, 15) is 18.0 Å². The number of nitrogens with one attached hydrogen (secondary N) is 1. The first-order valence-electron chi connectivity index (χ1n) is 6.71. The van der Waals surface area contributed by atoms with Crippen LogP contribution in [0.5, 0.6) is 0 Å². The van der Waals surface area contributed by atoms with Crippen LogP contribution in [0.2, 0.25) is 0 Å². The van der Waals surface area contributed by atoms with Crippen LogP contribution >= 0.6 is 0 Å². The molecule has 0 radical (unpaired) electrons. The molecule has 1 amide bonds. The lowest BCUT2D eigenvalue weighted by Gasteiger charge is -2.44. The molecule has 1 N–H and O–H groups in total. The summed E-state index contributed by atoms with van der Waals surface area (Å²) >= 11 is 0. The molecule has 1 atom stereocenters. The zero-order valence-corrected chi connectivity index (χ0v) is 11.2. The third-order valence-electron chi connectivity index (χ3n) is 3.97. The molecule has 2 aliphatic heterocycles. The number of carbonyl (C=O) groups excluding carboxylic acids is 1. The van der Waals surface area contributed by atoms with Crippen molar-refractivity contribution in [2.24, 2.45) is 0 Å². The lowest BCUT2D eigenvalue weighted by Crippen LogP contribution is -2.61. The largest absolute Gasteiger partial charge is 0.416 e. The number of hydrogen-bond donors (Lipinski definition) is 1. The number of nitrogens with zero attached hydrogens (tertiary/aromatic N) is 1. The van der Waals surface area contributed by atoms with Crippen molar-refractivity contribution >= 4 is 11.6 Å². The zero-order valence-electron chi connectivity index (χ0n) is 11.2. The summed E-state index contributed by atoms with van der Waals surface area (Å²) in [7, 11) is 0. The second kappa shape index (κ2) is 4.99. The van der Waals surface area contributed by atoms with Crippen LogP contribution in [0.1, 0.15) is 12.0 Å². The van der Waals surface area contributed by atoms with Crippen LogP contribution in [-0.2, 0) is 15.7 Å². The van der Waals surface area contributed by atoms with E-state index in [4.69, 9.17) is 4.74 Å². The van der Waals surface area contributed by atoms with Crippen LogP contribution in [0.15, 0.2) is 24.3 Å². The van der Waals surface area contributed by atoms with Gasteiger partial charge in [0.2, 0.25) is 0 Å². The Morgan fingerprint density at radius 3 is 2.81 bits per heavy atom. The fourth-order valence-electron chi connectivity index (χ4n) is 3.01. The normalized spacial score (nSPS) is 26.6. The van der Waals surface area contributed by atoms with Crippen molar-refractivity contribution in [3.05, 3.63) is 29.8 Å². The van der Waals surface area contributed by atoms with Gasteiger partial charge in [-0.15, -0.1) is 0 Å². The molecule has 0 bridgehead atoms. The number of benzene rings is 1. The maximum atomic E-state index is 12.9. The van der Waals surface area contributed by atoms with Gasteiger partial charge in [0.15, 0.2) is 0 Å². The number of hydrogen-bond acceptors (Lipinski definition) is 3. The SMILES string of the molecule is O=C1COCC2(CCNC2)N1c1cccc(C(F)(F)F)c1. The number of rotatable bonds is 1. The molecule has 2 heterocycles. The highest BCUT2D eigenvalue weighted by molar-refractivity contribution is 5.96. The first kappa shape index (κ1) is 14.3. The molecule has 3 rings (SSSR count). The third-order valence-corrected chi connectivity index (χ3v) is 3.97. The predicted octanol–water partition coefficient (Wildman–Crippen LogP) is 1.80. The second-order valence-electron chi connectivity index (χ2n) is 5.42. The topological polar surface area (TPSA) is 41.6 Å². The Kier molecular flexibility index (Phi) is 3.41. The summed E-state index contributed by atoms with van der Waals surface area (Å²) < 4.78 is 43.9. The van der Waals surface area contributed by atoms with Crippen molar-refractivity contribution < 1.29 is 22.7 Å². The monoisotopic (exact) mass is 300 g/mol. The molecule has 4 nitrogen and oxygen atoms in total. The van der Waals surface area contributed by atoms with Crippen LogP contribution in [-0.4, -0.2) is 37.7 Å². The number of morpholine rings is 1. The Bertz CT molecular complexity index is 553. The molecule has 0 saturated carbocycles. The van der Waals surface area contributed by atoms with Crippen molar-refractivity contribution in [1.82, 2.24) is 5.32 Å². The van der Waals surface area contributed by atoms with E-state index in [0.717, 1.165) is 12.1 Å². The summed E-state index contributed by atoms with van der Waals surface area (Å²) in [6.07, 6.45) is -3.76. The molecule has 1 aromatic rings. The lowest BCUT2D eigenvalue weighted by molar-refractivity contribution is -0.137. The van der Waals surface area contributed by atoms with E-state index in [1.54, 1.807) is 6.07 Å². The van der Waals surface area contributed by atoms with E-state index in [-0.39, 0.29) is 18.2 Å². The minimum absolute atomic E-state index is 0.0992. The number of halogens is 3. The van der Waals surface area contributed by atoms with Crippen LogP contribution in [0.4, 0.5) is 18.9 Å². The van der Waals surface area contributed by atoms with Crippen molar-refractivity contribution in [2.45, 2.75) is 18.1 Å². The third kappa shape index (κ3) is 2.51. The number of ether oxygens (including phenoxy) is 1. The summed E-state index contributed by atoms with van der Waals surface area (Å²) in [6.45, 7) is 1.47. The molecule has 21 heavy (non-hydrogen) atoms. The minimum Gasteiger partial charge on any atom is -0.369 e. The summed E-state index contributed by atoms with van der Waals surface area (Å²) in [5.74, 6) is -0.302. The van der Waals surface area contributed by atoms with Crippen molar-refractivity contribution in [1.29, 1.82) is 0 Å². The smallest absolute Gasteiger partial charge is 0.369 e. The summed E-state index contributed by atoms with van der Waals surface area (Å²) in [4.78, 5) is 13.7. The van der Waals surface area contributed by atoms with Gasteiger partial charge in [-0.1, -0.05) is 6.07 Å². The molecule has 7 heteroatoms. The average molecular weight is 300 g/mol. The van der Waals surface area contributed by atoms with Crippen LogP contribution in [0.25, 0.3) is 0 Å². The fourth-order valence-corrected chi connectivity index (χ4v) is 3.01. The van der Waals surface area contributed by atoms with Crippen LogP contribution < -0.4 is 10.2 Å². The van der Waals surface area contributed by atoms with Gasteiger partial charge in [0.05, 0.1) is 17.7 Å². The Balaban J connectivity index is 2.02. The zero-order chi connectivity index (χ0) is 15.1. The molecular weight excluding hydrogens is 285 g/mol. The average Bonchev–Trinajstić information content (AvgIpc) is 2.87. The summed E-state index contributed by atoms with van der Waals surface area (Å²) in [5, 5.41) is 3.15. The maximum Gasteiger partial charge on any atom is 0.416 e. The summed E-state index contributed by atoms with van der Waals surface area (Å²) in [5.41, 5.74) is -1.05. The standard InChI is InChI=1S/C14H15F3N2O2/c15-14(16,17)10-2-1-3-11(6-10)19-12(20)7-21-9-13(19)4-5-18-8-13/h1-3,6,18H,4-5,7-9H2. The van der Waals surface area contributed by atoms with Gasteiger partial charge in [-0.05, 0) is 31.2 Å². The lowest BCUT2D eigenvalue weighted by atomic mass is 9.94. The molecule has 2 saturated heterocycles. The van der Waals surface area contributed by atoms with Gasteiger partial charge in [-0.3, -0.25) is 4.79 Å². The molecule has 1 unspecified atom stereocenters. The molecule has 1 aromatic carbocycles. The van der Waals surface area contributed by atoms with Crippen LogP contribution in [0, 0.1) is 0 Å². The molecule has 2 aliphatic rings. The van der Waals surface area contributed by atoms with Crippen LogP contribution in [0.3, 0.4) is 0 Å². The van der Waals surface area contributed by atoms with Crippen molar-refractivity contribution in [3.63, 3.8) is 0 Å². The number of carbonyl (C=O) groups is 1. The molecule has 0 aliphatic carbocycles. The Morgan fingerprint density at radius 2 is 2.14 bits per heavy atom. The Hall–Kier alpha value is -1.60. The Labute approximate surface area is 119 Å². The van der Waals surface area contributed by atoms with Crippen molar-refractivity contribution in [3.8, 4) is 0 Å². The van der Waals surface area contributed by atoms with Gasteiger partial charge < -0.3 is 15.0 Å². The van der Waals surface area contributed by atoms with Gasteiger partial charge in [0.1, 0.15) is 6.61 Å². The van der Waals surface area contributed by atoms with Gasteiger partial charge in [0, 0.05) is 12.2 Å². The summed E-state index contributed by atoms with van der Waals surface area (Å²) in [6, 6.07) is 4.91. The first-order chi connectivity index (χ1) is 9.92. The van der Waals surface area contributed by atoms with E-state index < -0.39 is 17.3 Å². The van der Waals surface area contributed by atoms with E-state index in [0.29, 0.717) is 26.1 Å². The quantitative estimate of drug-likeness (QED) is 0.860. The highest BCUT2D eigenvalue weighted by atomic mass is 19.4. The second-order valence-corrected chi connectivity index (χ2v) is 5.42. The minimum atomic E-state index is -4.42. The van der Waals surface area contributed by atoms with Crippen molar-refractivity contribution in [2.75, 3.05) is 31.2 Å².